The zero-order chi connectivity index (χ0) is 15.4. The van der Waals surface area contributed by atoms with E-state index in [1.807, 2.05) is 13.0 Å². The van der Waals surface area contributed by atoms with Crippen molar-refractivity contribution in [1.82, 2.24) is 5.32 Å². The maximum Gasteiger partial charge on any atom is 0.283 e. The Kier molecular flexibility index (Phi) is 5.03. The molecule has 2 aromatic carbocycles. The van der Waals surface area contributed by atoms with Crippen LogP contribution in [-0.2, 0) is 6.54 Å². The number of hydrogen-bond donors (Lipinski definition) is 1. The van der Waals surface area contributed by atoms with Gasteiger partial charge in [0.1, 0.15) is 5.82 Å². The molecule has 0 aliphatic rings. The lowest BCUT2D eigenvalue weighted by molar-refractivity contribution is -0.385. The quantitative estimate of drug-likeness (QED) is 0.642. The van der Waals surface area contributed by atoms with Gasteiger partial charge in [0.2, 0.25) is 0 Å². The summed E-state index contributed by atoms with van der Waals surface area (Å²) < 4.78 is 13.3. The minimum atomic E-state index is -0.420. The molecule has 0 saturated carbocycles. The van der Waals surface area contributed by atoms with Crippen LogP contribution in [-0.4, -0.2) is 4.92 Å². The second kappa shape index (κ2) is 6.78. The maximum atomic E-state index is 12.9. The first-order valence-electron chi connectivity index (χ1n) is 6.39. The van der Waals surface area contributed by atoms with Crippen molar-refractivity contribution in [3.8, 4) is 0 Å². The normalized spacial score (nSPS) is 12.1. The molecular formula is C15H14BrFN2O2. The third-order valence-electron chi connectivity index (χ3n) is 3.19. The highest BCUT2D eigenvalue weighted by Gasteiger charge is 2.13. The number of rotatable bonds is 5. The molecule has 0 aromatic heterocycles. The van der Waals surface area contributed by atoms with Crippen molar-refractivity contribution in [2.45, 2.75) is 19.5 Å². The van der Waals surface area contributed by atoms with Crippen molar-refractivity contribution in [3.05, 3.63) is 74.0 Å². The number of nitro benzene ring substituents is 1. The summed E-state index contributed by atoms with van der Waals surface area (Å²) in [5, 5.41) is 14.1. The van der Waals surface area contributed by atoms with Crippen LogP contribution in [0.15, 0.2) is 46.9 Å². The molecule has 2 aromatic rings. The fourth-order valence-electron chi connectivity index (χ4n) is 1.95. The van der Waals surface area contributed by atoms with Gasteiger partial charge in [-0.15, -0.1) is 0 Å². The Morgan fingerprint density at radius 1 is 1.29 bits per heavy atom. The van der Waals surface area contributed by atoms with Crippen LogP contribution in [0.4, 0.5) is 10.1 Å². The molecule has 1 N–H and O–H groups in total. The molecule has 0 fully saturated rings. The van der Waals surface area contributed by atoms with Crippen molar-refractivity contribution in [2.24, 2.45) is 0 Å². The molecule has 0 spiro atoms. The van der Waals surface area contributed by atoms with Gasteiger partial charge in [-0.3, -0.25) is 10.1 Å². The minimum Gasteiger partial charge on any atom is -0.306 e. The highest BCUT2D eigenvalue weighted by molar-refractivity contribution is 9.10. The summed E-state index contributed by atoms with van der Waals surface area (Å²) in [5.74, 6) is -0.269. The molecule has 4 nitrogen and oxygen atoms in total. The fourth-order valence-corrected chi connectivity index (χ4v) is 2.34. The van der Waals surface area contributed by atoms with Crippen LogP contribution in [0, 0.1) is 15.9 Å². The van der Waals surface area contributed by atoms with Gasteiger partial charge in [-0.25, -0.2) is 4.39 Å². The van der Waals surface area contributed by atoms with Gasteiger partial charge in [0.15, 0.2) is 0 Å². The first-order chi connectivity index (χ1) is 9.97. The summed E-state index contributed by atoms with van der Waals surface area (Å²) in [4.78, 5) is 10.5. The second-order valence-electron chi connectivity index (χ2n) is 4.70. The lowest BCUT2D eigenvalue weighted by atomic mass is 10.1. The maximum absolute atomic E-state index is 12.9. The largest absolute Gasteiger partial charge is 0.306 e. The number of nitrogens with zero attached hydrogens (tertiary/aromatic N) is 1. The molecule has 21 heavy (non-hydrogen) atoms. The number of halogens is 2. The predicted molar refractivity (Wildman–Crippen MR) is 82.5 cm³/mol. The molecule has 0 radical (unpaired) electrons. The minimum absolute atomic E-state index is 0.0216. The highest BCUT2D eigenvalue weighted by Crippen LogP contribution is 2.25. The molecule has 6 heteroatoms. The lowest BCUT2D eigenvalue weighted by Gasteiger charge is -2.14. The van der Waals surface area contributed by atoms with Crippen LogP contribution in [0.25, 0.3) is 0 Å². The summed E-state index contributed by atoms with van der Waals surface area (Å²) in [6.45, 7) is 2.45. The van der Waals surface area contributed by atoms with E-state index in [1.54, 1.807) is 18.2 Å². The van der Waals surface area contributed by atoms with Crippen molar-refractivity contribution in [2.75, 3.05) is 0 Å². The lowest BCUT2D eigenvalue weighted by Crippen LogP contribution is -2.18. The van der Waals surface area contributed by atoms with Gasteiger partial charge in [-0.1, -0.05) is 18.2 Å². The van der Waals surface area contributed by atoms with E-state index < -0.39 is 4.92 Å². The molecule has 1 atom stereocenters. The van der Waals surface area contributed by atoms with Crippen LogP contribution in [0.2, 0.25) is 0 Å². The van der Waals surface area contributed by atoms with Crippen LogP contribution in [0.5, 0.6) is 0 Å². The van der Waals surface area contributed by atoms with Crippen LogP contribution in [0.3, 0.4) is 0 Å². The van der Waals surface area contributed by atoms with Crippen LogP contribution < -0.4 is 5.32 Å². The molecule has 0 aliphatic carbocycles. The van der Waals surface area contributed by atoms with E-state index in [9.17, 15) is 14.5 Å². The van der Waals surface area contributed by atoms with Gasteiger partial charge >= 0.3 is 0 Å². The molecule has 0 amide bonds. The van der Waals surface area contributed by atoms with E-state index in [0.29, 0.717) is 11.0 Å². The molecule has 2 rings (SSSR count). The molecule has 0 aliphatic heterocycles. The standard InChI is InChI=1S/C15H14BrFN2O2/c1-10(12-3-5-13(17)6-4-12)18-9-11-2-7-14(16)15(8-11)19(20)21/h2-8,10,18H,9H2,1H3/t10-/m1/s1. The van der Waals surface area contributed by atoms with Gasteiger partial charge in [0, 0.05) is 18.7 Å². The van der Waals surface area contributed by atoms with E-state index in [1.165, 1.54) is 18.2 Å². The number of nitrogens with one attached hydrogen (secondary N) is 1. The average Bonchev–Trinajstić information content (AvgIpc) is 2.46. The van der Waals surface area contributed by atoms with E-state index in [0.717, 1.165) is 11.1 Å². The summed E-state index contributed by atoms with van der Waals surface area (Å²) in [6.07, 6.45) is 0. The third-order valence-corrected chi connectivity index (χ3v) is 3.86. The van der Waals surface area contributed by atoms with E-state index >= 15 is 0 Å². The SMILES string of the molecule is C[C@@H](NCc1ccc(Br)c([N+](=O)[O-])c1)c1ccc(F)cc1. The van der Waals surface area contributed by atoms with Gasteiger partial charge in [0.25, 0.3) is 5.69 Å². The monoisotopic (exact) mass is 352 g/mol. The van der Waals surface area contributed by atoms with Gasteiger partial charge in [0.05, 0.1) is 9.40 Å². The Labute approximate surface area is 130 Å². The van der Waals surface area contributed by atoms with Crippen molar-refractivity contribution in [3.63, 3.8) is 0 Å². The first kappa shape index (κ1) is 15.6. The average molecular weight is 353 g/mol. The highest BCUT2D eigenvalue weighted by atomic mass is 79.9. The molecule has 0 bridgehead atoms. The van der Waals surface area contributed by atoms with E-state index in [4.69, 9.17) is 0 Å². The predicted octanol–water partition coefficient (Wildman–Crippen LogP) is 4.35. The molecule has 0 heterocycles. The van der Waals surface area contributed by atoms with Crippen molar-refractivity contribution >= 4 is 21.6 Å². The number of nitro groups is 1. The van der Waals surface area contributed by atoms with Crippen molar-refractivity contribution in [1.29, 1.82) is 0 Å². The molecule has 0 unspecified atom stereocenters. The van der Waals surface area contributed by atoms with Gasteiger partial charge in [-0.2, -0.15) is 0 Å². The van der Waals surface area contributed by atoms with E-state index in [2.05, 4.69) is 21.2 Å². The Morgan fingerprint density at radius 2 is 1.95 bits per heavy atom. The Hall–Kier alpha value is -1.79. The summed E-state index contributed by atoms with van der Waals surface area (Å²) >= 11 is 3.16. The van der Waals surface area contributed by atoms with Crippen molar-refractivity contribution < 1.29 is 9.31 Å². The molecular weight excluding hydrogens is 339 g/mol. The smallest absolute Gasteiger partial charge is 0.283 e. The van der Waals surface area contributed by atoms with Gasteiger partial charge < -0.3 is 5.32 Å². The zero-order valence-corrected chi connectivity index (χ0v) is 12.9. The molecule has 110 valence electrons. The fraction of sp³-hybridized carbons (Fsp3) is 0.200. The van der Waals surface area contributed by atoms with E-state index in [-0.39, 0.29) is 17.5 Å². The zero-order valence-electron chi connectivity index (χ0n) is 11.3. The Morgan fingerprint density at radius 3 is 2.57 bits per heavy atom. The molecule has 0 saturated heterocycles. The second-order valence-corrected chi connectivity index (χ2v) is 5.55. The summed E-state index contributed by atoms with van der Waals surface area (Å²) in [5.41, 5.74) is 1.82. The summed E-state index contributed by atoms with van der Waals surface area (Å²) in [7, 11) is 0. The topological polar surface area (TPSA) is 55.2 Å². The number of benzene rings is 2. The van der Waals surface area contributed by atoms with Gasteiger partial charge in [-0.05, 0) is 52.2 Å². The third kappa shape index (κ3) is 4.09. The first-order valence-corrected chi connectivity index (χ1v) is 7.18. The Balaban J connectivity index is 2.04. The van der Waals surface area contributed by atoms with Crippen LogP contribution >= 0.6 is 15.9 Å². The Bertz CT molecular complexity index is 647. The number of hydrogen-bond acceptors (Lipinski definition) is 3. The van der Waals surface area contributed by atoms with Crippen LogP contribution in [0.1, 0.15) is 24.1 Å². The summed E-state index contributed by atoms with van der Waals surface area (Å²) in [6, 6.07) is 11.3.